The molecule has 2 N–H and O–H groups in total. The SMILES string of the molecule is CC(C)(C)OC(=O)CON=C(C(=O)NC1C(=O)N2C(C(=O)OC(c3ccccc3)c3ccccc3)=C(C=CC(F)(F)F)CS[C@H]12)c1csc(NC(c2ccccc2)(c2ccccc2)c2ccccc2)n1. The van der Waals surface area contributed by atoms with Gasteiger partial charge in [0.1, 0.15) is 33.9 Å². The van der Waals surface area contributed by atoms with Crippen molar-refractivity contribution in [2.24, 2.45) is 5.16 Å². The van der Waals surface area contributed by atoms with E-state index >= 15 is 0 Å². The number of allylic oxidation sites excluding steroid dienone is 2. The van der Waals surface area contributed by atoms with Gasteiger partial charge in [0.25, 0.3) is 11.8 Å². The minimum atomic E-state index is -4.73. The maximum Gasteiger partial charge on any atom is 0.409 e. The Bertz CT molecular complexity index is 2780. The van der Waals surface area contributed by atoms with Crippen LogP contribution in [0.5, 0.6) is 0 Å². The number of fused-ring (bicyclic) bond motifs is 1. The van der Waals surface area contributed by atoms with Crippen molar-refractivity contribution < 1.29 is 46.7 Å². The molecule has 8 rings (SSSR count). The third kappa shape index (κ3) is 11.2. The molecule has 1 fully saturated rings. The summed E-state index contributed by atoms with van der Waals surface area (Å²) in [6.45, 7) is 4.37. The number of carbonyl (C=O) groups is 4. The van der Waals surface area contributed by atoms with Crippen molar-refractivity contribution >= 4 is 57.7 Å². The number of ether oxygens (including phenoxy) is 2. The second-order valence-electron chi connectivity index (χ2n) is 17.0. The van der Waals surface area contributed by atoms with E-state index in [1.807, 2.05) is 91.0 Å². The molecule has 3 heterocycles. The Hall–Kier alpha value is -7.50. The summed E-state index contributed by atoms with van der Waals surface area (Å²) < 4.78 is 52.2. The third-order valence-electron chi connectivity index (χ3n) is 11.0. The number of alkyl halides is 3. The topological polar surface area (TPSA) is 149 Å². The van der Waals surface area contributed by atoms with Crippen molar-refractivity contribution in [3.8, 4) is 0 Å². The molecule has 0 saturated carbocycles. The molecule has 6 aromatic rings. The van der Waals surface area contributed by atoms with Crippen molar-refractivity contribution in [1.82, 2.24) is 15.2 Å². The summed E-state index contributed by atoms with van der Waals surface area (Å²) in [6.07, 6.45) is -4.96. The quantitative estimate of drug-likeness (QED) is 0.0316. The molecular weight excluding hydrogens is 940 g/mol. The van der Waals surface area contributed by atoms with E-state index in [-0.39, 0.29) is 28.8 Å². The predicted octanol–water partition coefficient (Wildman–Crippen LogP) is 9.71. The van der Waals surface area contributed by atoms with Crippen LogP contribution in [-0.4, -0.2) is 74.9 Å². The molecule has 17 heteroatoms. The van der Waals surface area contributed by atoms with Crippen molar-refractivity contribution in [2.45, 2.75) is 55.6 Å². The van der Waals surface area contributed by atoms with E-state index in [1.54, 1.807) is 86.8 Å². The van der Waals surface area contributed by atoms with E-state index in [0.29, 0.717) is 16.3 Å². The van der Waals surface area contributed by atoms with Crippen LogP contribution < -0.4 is 10.6 Å². The van der Waals surface area contributed by atoms with E-state index in [4.69, 9.17) is 19.3 Å². The van der Waals surface area contributed by atoms with E-state index in [1.165, 1.54) is 11.3 Å². The maximum atomic E-state index is 14.5. The highest BCUT2D eigenvalue weighted by Gasteiger charge is 2.55. The first kappa shape index (κ1) is 48.9. The molecule has 0 radical (unpaired) electrons. The van der Waals surface area contributed by atoms with Gasteiger partial charge in [0.15, 0.2) is 16.9 Å². The Balaban J connectivity index is 1.10. The highest BCUT2D eigenvalue weighted by molar-refractivity contribution is 8.00. The fraction of sp³-hybridized carbons (Fsp3) is 0.208. The summed E-state index contributed by atoms with van der Waals surface area (Å²) in [4.78, 5) is 67.0. The van der Waals surface area contributed by atoms with E-state index in [9.17, 15) is 32.3 Å². The zero-order chi connectivity index (χ0) is 49.5. The normalized spacial score (nSPS) is 16.4. The van der Waals surface area contributed by atoms with Gasteiger partial charge in [-0.05, 0) is 54.2 Å². The summed E-state index contributed by atoms with van der Waals surface area (Å²) in [5.41, 5.74) is 1.14. The van der Waals surface area contributed by atoms with Crippen LogP contribution >= 0.6 is 23.1 Å². The molecule has 1 saturated heterocycles. The van der Waals surface area contributed by atoms with Crippen LogP contribution in [0.2, 0.25) is 0 Å². The predicted molar refractivity (Wildman–Crippen MR) is 261 cm³/mol. The molecule has 0 spiro atoms. The molecule has 70 heavy (non-hydrogen) atoms. The van der Waals surface area contributed by atoms with E-state index < -0.39 is 70.9 Å². The fourth-order valence-corrected chi connectivity index (χ4v) is 10.1. The number of nitrogens with one attached hydrogen (secondary N) is 2. The van der Waals surface area contributed by atoms with Gasteiger partial charge in [0, 0.05) is 17.2 Å². The van der Waals surface area contributed by atoms with Crippen LogP contribution in [0.3, 0.4) is 0 Å². The lowest BCUT2D eigenvalue weighted by Gasteiger charge is -2.49. The number of thiazole rings is 1. The number of aromatic nitrogens is 1. The molecule has 5 aromatic carbocycles. The summed E-state index contributed by atoms with van der Waals surface area (Å²) in [5, 5.41) is 11.4. The lowest BCUT2D eigenvalue weighted by molar-refractivity contribution is -0.160. The minimum absolute atomic E-state index is 0.00746. The molecule has 0 bridgehead atoms. The number of β-lactam (4-membered cyclic amide) rings is 1. The molecular formula is C53H46F3N5O7S2. The Morgan fingerprint density at radius 2 is 1.31 bits per heavy atom. The van der Waals surface area contributed by atoms with Crippen molar-refractivity contribution in [2.75, 3.05) is 17.7 Å². The number of nitrogens with zero attached hydrogens (tertiary/aromatic N) is 3. The molecule has 358 valence electrons. The second-order valence-corrected chi connectivity index (χ2v) is 19.0. The fourth-order valence-electron chi connectivity index (χ4n) is 8.02. The first-order chi connectivity index (χ1) is 33.6. The van der Waals surface area contributed by atoms with Gasteiger partial charge in [-0.3, -0.25) is 14.5 Å². The minimum Gasteiger partial charge on any atom is -0.457 e. The lowest BCUT2D eigenvalue weighted by Crippen LogP contribution is -2.71. The average Bonchev–Trinajstić information content (AvgIpc) is 3.82. The molecule has 1 unspecified atom stereocenters. The number of oxime groups is 1. The summed E-state index contributed by atoms with van der Waals surface area (Å²) in [6, 6.07) is 45.6. The Kier molecular flexibility index (Phi) is 14.7. The summed E-state index contributed by atoms with van der Waals surface area (Å²) >= 11 is 2.22. The number of halogens is 3. The van der Waals surface area contributed by atoms with Crippen molar-refractivity contribution in [1.29, 1.82) is 0 Å². The van der Waals surface area contributed by atoms with Gasteiger partial charge >= 0.3 is 18.1 Å². The van der Waals surface area contributed by atoms with Crippen LogP contribution in [0.25, 0.3) is 0 Å². The van der Waals surface area contributed by atoms with Gasteiger partial charge in [-0.1, -0.05) is 163 Å². The number of anilines is 1. The number of hydrogen-bond acceptors (Lipinski definition) is 12. The molecule has 12 nitrogen and oxygen atoms in total. The van der Waals surface area contributed by atoms with Crippen LogP contribution in [0, 0.1) is 0 Å². The number of esters is 2. The van der Waals surface area contributed by atoms with Crippen LogP contribution in [0.15, 0.2) is 186 Å². The standard InChI is InChI=1S/C53H46F3N5O7S2/c1-51(2,3)68-41(62)31-66-60-42(40-33-70-50(57-40)59-53(37-23-13-6-14-24-37,38-25-15-7-16-26-38)39-27-17-8-18-28-39)46(63)58-43-47(64)61-44(36(32-69-48(43)61)29-30-52(54,55)56)49(65)67-45(34-19-9-4-10-20-34)35-21-11-5-12-22-35/h4-30,33,43,45,48H,31-32H2,1-3H3,(H,57,59)(H,58,63)/t43?,48-/m1/s1. The molecule has 2 atom stereocenters. The molecule has 1 aromatic heterocycles. The van der Waals surface area contributed by atoms with Crippen LogP contribution in [-0.2, 0) is 39.0 Å². The highest BCUT2D eigenvalue weighted by Crippen LogP contribution is 2.43. The maximum absolute atomic E-state index is 14.5. The van der Waals surface area contributed by atoms with Crippen LogP contribution in [0.4, 0.5) is 18.3 Å². The first-order valence-corrected chi connectivity index (χ1v) is 23.9. The molecule has 2 aliphatic heterocycles. The van der Waals surface area contributed by atoms with Gasteiger partial charge < -0.3 is 24.9 Å². The molecule has 2 amide bonds. The van der Waals surface area contributed by atoms with Crippen molar-refractivity contribution in [3.05, 3.63) is 214 Å². The van der Waals surface area contributed by atoms with Crippen LogP contribution in [0.1, 0.15) is 60.4 Å². The van der Waals surface area contributed by atoms with E-state index in [2.05, 4.69) is 15.8 Å². The summed E-state index contributed by atoms with van der Waals surface area (Å²) in [7, 11) is 0. The zero-order valence-corrected chi connectivity index (χ0v) is 39.6. The second kappa shape index (κ2) is 21.0. The number of thioether (sulfide) groups is 1. The van der Waals surface area contributed by atoms with Gasteiger partial charge in [-0.2, -0.15) is 13.2 Å². The lowest BCUT2D eigenvalue weighted by atomic mass is 9.77. The third-order valence-corrected chi connectivity index (χ3v) is 13.1. The number of rotatable bonds is 16. The average molecular weight is 986 g/mol. The Morgan fingerprint density at radius 1 is 0.800 bits per heavy atom. The van der Waals surface area contributed by atoms with Gasteiger partial charge in [0.05, 0.1) is 0 Å². The van der Waals surface area contributed by atoms with Gasteiger partial charge in [-0.15, -0.1) is 23.1 Å². The monoisotopic (exact) mass is 985 g/mol. The van der Waals surface area contributed by atoms with Gasteiger partial charge in [-0.25, -0.2) is 14.6 Å². The first-order valence-electron chi connectivity index (χ1n) is 22.0. The molecule has 2 aliphatic rings. The zero-order valence-electron chi connectivity index (χ0n) is 38.0. The number of carbonyl (C=O) groups excluding carboxylic acids is 4. The molecule has 0 aliphatic carbocycles. The largest absolute Gasteiger partial charge is 0.457 e. The van der Waals surface area contributed by atoms with Crippen molar-refractivity contribution in [3.63, 3.8) is 0 Å². The Labute approximate surface area is 410 Å². The number of hydrogen-bond donors (Lipinski definition) is 2. The van der Waals surface area contributed by atoms with E-state index in [0.717, 1.165) is 39.4 Å². The smallest absolute Gasteiger partial charge is 0.409 e. The number of amides is 2. The number of benzene rings is 5. The van der Waals surface area contributed by atoms with Gasteiger partial charge in [0.2, 0.25) is 6.61 Å². The summed E-state index contributed by atoms with van der Waals surface area (Å²) in [5.74, 6) is -3.67. The Morgan fingerprint density at radius 3 is 1.81 bits per heavy atom. The highest BCUT2D eigenvalue weighted by atomic mass is 32.2.